The van der Waals surface area contributed by atoms with E-state index in [-0.39, 0.29) is 5.91 Å². The molecule has 7 nitrogen and oxygen atoms in total. The van der Waals surface area contributed by atoms with Gasteiger partial charge in [-0.3, -0.25) is 4.79 Å². The van der Waals surface area contributed by atoms with Crippen LogP contribution in [0.5, 0.6) is 5.75 Å². The second kappa shape index (κ2) is 6.13. The number of ether oxygens (including phenoxy) is 1. The SMILES string of the molecule is COc1ccc(C(=O)N2CCC(C)C3(CCC3)C2)cc1-n1cnnn1. The molecule has 0 N–H and O–H groups in total. The van der Waals surface area contributed by atoms with Crippen LogP contribution in [0, 0.1) is 11.3 Å². The van der Waals surface area contributed by atoms with Crippen molar-refractivity contribution in [1.82, 2.24) is 25.1 Å². The van der Waals surface area contributed by atoms with E-state index >= 15 is 0 Å². The van der Waals surface area contributed by atoms with Crippen LogP contribution < -0.4 is 4.74 Å². The number of piperidine rings is 1. The molecular weight excluding hydrogens is 318 g/mol. The van der Waals surface area contributed by atoms with Crippen molar-refractivity contribution in [3.05, 3.63) is 30.1 Å². The van der Waals surface area contributed by atoms with E-state index in [0.717, 1.165) is 19.5 Å². The highest BCUT2D eigenvalue weighted by atomic mass is 16.5. The van der Waals surface area contributed by atoms with E-state index in [2.05, 4.69) is 22.4 Å². The molecule has 1 amide bonds. The van der Waals surface area contributed by atoms with E-state index in [0.29, 0.717) is 28.3 Å². The van der Waals surface area contributed by atoms with Gasteiger partial charge in [0, 0.05) is 18.7 Å². The third-order valence-electron chi connectivity index (χ3n) is 6.04. The van der Waals surface area contributed by atoms with Crippen molar-refractivity contribution in [2.75, 3.05) is 20.2 Å². The van der Waals surface area contributed by atoms with Gasteiger partial charge in [-0.25, -0.2) is 0 Å². The van der Waals surface area contributed by atoms with Crippen molar-refractivity contribution in [3.8, 4) is 11.4 Å². The summed E-state index contributed by atoms with van der Waals surface area (Å²) in [7, 11) is 1.59. The summed E-state index contributed by atoms with van der Waals surface area (Å²) in [6.45, 7) is 4.04. The number of carbonyl (C=O) groups is 1. The second-order valence-corrected chi connectivity index (χ2v) is 7.27. The highest BCUT2D eigenvalue weighted by molar-refractivity contribution is 5.95. The molecule has 1 aromatic heterocycles. The molecule has 0 radical (unpaired) electrons. The molecule has 1 atom stereocenters. The van der Waals surface area contributed by atoms with Gasteiger partial charge in [0.25, 0.3) is 5.91 Å². The molecular formula is C18H23N5O2. The van der Waals surface area contributed by atoms with Crippen LogP contribution >= 0.6 is 0 Å². The Morgan fingerprint density at radius 3 is 2.84 bits per heavy atom. The number of likely N-dealkylation sites (tertiary alicyclic amines) is 1. The Hall–Kier alpha value is -2.44. The second-order valence-electron chi connectivity index (χ2n) is 7.27. The first kappa shape index (κ1) is 16.1. The summed E-state index contributed by atoms with van der Waals surface area (Å²) >= 11 is 0. The number of nitrogens with zero attached hydrogens (tertiary/aromatic N) is 5. The van der Waals surface area contributed by atoms with Crippen molar-refractivity contribution < 1.29 is 9.53 Å². The first-order valence-electron chi connectivity index (χ1n) is 8.84. The van der Waals surface area contributed by atoms with Crippen molar-refractivity contribution in [3.63, 3.8) is 0 Å². The van der Waals surface area contributed by atoms with Crippen molar-refractivity contribution in [1.29, 1.82) is 0 Å². The van der Waals surface area contributed by atoms with Crippen LogP contribution in [-0.4, -0.2) is 51.2 Å². The molecule has 1 saturated carbocycles. The van der Waals surface area contributed by atoms with Gasteiger partial charge in [-0.05, 0) is 59.2 Å². The predicted molar refractivity (Wildman–Crippen MR) is 91.7 cm³/mol. The zero-order valence-electron chi connectivity index (χ0n) is 14.7. The number of rotatable bonds is 3. The lowest BCUT2D eigenvalue weighted by Crippen LogP contribution is -2.53. The zero-order chi connectivity index (χ0) is 17.4. The minimum Gasteiger partial charge on any atom is -0.494 e. The number of aromatic nitrogens is 4. The molecule has 1 saturated heterocycles. The fourth-order valence-electron chi connectivity index (χ4n) is 4.18. The quantitative estimate of drug-likeness (QED) is 0.857. The smallest absolute Gasteiger partial charge is 0.253 e. The molecule has 2 heterocycles. The van der Waals surface area contributed by atoms with Gasteiger partial charge in [0.2, 0.25) is 0 Å². The van der Waals surface area contributed by atoms with Crippen LogP contribution in [0.2, 0.25) is 0 Å². The van der Waals surface area contributed by atoms with E-state index in [1.165, 1.54) is 30.3 Å². The van der Waals surface area contributed by atoms with Crippen molar-refractivity contribution in [2.45, 2.75) is 32.6 Å². The molecule has 2 aliphatic rings. The molecule has 4 rings (SSSR count). The lowest BCUT2D eigenvalue weighted by molar-refractivity contribution is -0.0208. The van der Waals surface area contributed by atoms with Crippen LogP contribution in [0.4, 0.5) is 0 Å². The van der Waals surface area contributed by atoms with E-state index < -0.39 is 0 Å². The highest BCUT2D eigenvalue weighted by Crippen LogP contribution is 2.51. The Kier molecular flexibility index (Phi) is 3.94. The molecule has 1 spiro atoms. The maximum Gasteiger partial charge on any atom is 0.253 e. The number of carbonyl (C=O) groups excluding carboxylic acids is 1. The Bertz CT molecular complexity index is 770. The summed E-state index contributed by atoms with van der Waals surface area (Å²) in [6.07, 6.45) is 6.37. The lowest BCUT2D eigenvalue weighted by atomic mass is 9.59. The van der Waals surface area contributed by atoms with E-state index in [4.69, 9.17) is 4.74 Å². The van der Waals surface area contributed by atoms with Crippen molar-refractivity contribution in [2.24, 2.45) is 11.3 Å². The van der Waals surface area contributed by atoms with E-state index in [9.17, 15) is 4.79 Å². The molecule has 7 heteroatoms. The van der Waals surface area contributed by atoms with Crippen LogP contribution in [0.3, 0.4) is 0 Å². The monoisotopic (exact) mass is 341 g/mol. The van der Waals surface area contributed by atoms with Gasteiger partial charge >= 0.3 is 0 Å². The molecule has 0 bridgehead atoms. The lowest BCUT2D eigenvalue weighted by Gasteiger charge is -2.53. The molecule has 1 aromatic carbocycles. The maximum absolute atomic E-state index is 13.1. The Morgan fingerprint density at radius 2 is 2.20 bits per heavy atom. The van der Waals surface area contributed by atoms with Gasteiger partial charge in [-0.15, -0.1) is 5.10 Å². The topological polar surface area (TPSA) is 73.1 Å². The number of tetrazole rings is 1. The van der Waals surface area contributed by atoms with E-state index in [1.54, 1.807) is 13.2 Å². The van der Waals surface area contributed by atoms with Gasteiger partial charge in [-0.1, -0.05) is 13.3 Å². The minimum atomic E-state index is 0.0788. The van der Waals surface area contributed by atoms with Gasteiger partial charge < -0.3 is 9.64 Å². The molecule has 2 fully saturated rings. The molecule has 1 unspecified atom stereocenters. The number of hydrogen-bond acceptors (Lipinski definition) is 5. The number of hydrogen-bond donors (Lipinski definition) is 0. The summed E-state index contributed by atoms with van der Waals surface area (Å²) in [6, 6.07) is 5.43. The average molecular weight is 341 g/mol. The van der Waals surface area contributed by atoms with Crippen LogP contribution in [-0.2, 0) is 0 Å². The predicted octanol–water partition coefficient (Wildman–Crippen LogP) is 2.32. The fraction of sp³-hybridized carbons (Fsp3) is 0.556. The minimum absolute atomic E-state index is 0.0788. The first-order valence-corrected chi connectivity index (χ1v) is 8.84. The van der Waals surface area contributed by atoms with Gasteiger partial charge in [0.05, 0.1) is 7.11 Å². The normalized spacial score (nSPS) is 21.8. The molecule has 1 aliphatic heterocycles. The summed E-state index contributed by atoms with van der Waals surface area (Å²) in [5.41, 5.74) is 1.66. The fourth-order valence-corrected chi connectivity index (χ4v) is 4.18. The molecule has 132 valence electrons. The van der Waals surface area contributed by atoms with Crippen molar-refractivity contribution >= 4 is 5.91 Å². The zero-order valence-corrected chi connectivity index (χ0v) is 14.7. The molecule has 25 heavy (non-hydrogen) atoms. The first-order chi connectivity index (χ1) is 12.1. The Morgan fingerprint density at radius 1 is 1.36 bits per heavy atom. The summed E-state index contributed by atoms with van der Waals surface area (Å²) in [5.74, 6) is 1.42. The van der Waals surface area contributed by atoms with Gasteiger partial charge in [0.15, 0.2) is 0 Å². The largest absolute Gasteiger partial charge is 0.494 e. The van der Waals surface area contributed by atoms with Crippen LogP contribution in [0.1, 0.15) is 43.0 Å². The van der Waals surface area contributed by atoms with Gasteiger partial charge in [-0.2, -0.15) is 4.68 Å². The summed E-state index contributed by atoms with van der Waals surface area (Å²) < 4.78 is 6.90. The summed E-state index contributed by atoms with van der Waals surface area (Å²) in [5, 5.41) is 11.2. The van der Waals surface area contributed by atoms with Crippen LogP contribution in [0.15, 0.2) is 24.5 Å². The Balaban J connectivity index is 1.61. The van der Waals surface area contributed by atoms with E-state index in [1.807, 2.05) is 17.0 Å². The average Bonchev–Trinajstić information content (AvgIpc) is 3.14. The maximum atomic E-state index is 13.1. The summed E-state index contributed by atoms with van der Waals surface area (Å²) in [4.78, 5) is 15.1. The van der Waals surface area contributed by atoms with Crippen LogP contribution in [0.25, 0.3) is 5.69 Å². The molecule has 2 aromatic rings. The van der Waals surface area contributed by atoms with Gasteiger partial charge in [0.1, 0.15) is 17.8 Å². The highest BCUT2D eigenvalue weighted by Gasteiger charge is 2.46. The number of benzene rings is 1. The molecule has 1 aliphatic carbocycles. The number of amides is 1. The Labute approximate surface area is 147 Å². The number of methoxy groups -OCH3 is 1. The standard InChI is InChI=1S/C18H23N5O2/c1-13-6-9-22(11-18(13)7-3-8-18)17(24)14-4-5-16(25-2)15(10-14)23-12-19-20-21-23/h4-5,10,12-13H,3,6-9,11H2,1-2H3. The third-order valence-corrected chi connectivity index (χ3v) is 6.04. The third kappa shape index (κ3) is 2.67.